The van der Waals surface area contributed by atoms with Crippen LogP contribution >= 0.6 is 11.3 Å². The molecule has 1 saturated heterocycles. The number of carbonyl (C=O) groups excluding carboxylic acids is 1. The number of alkyl halides is 3. The van der Waals surface area contributed by atoms with Gasteiger partial charge >= 0.3 is 6.36 Å². The van der Waals surface area contributed by atoms with Crippen LogP contribution in [0, 0.1) is 28.2 Å². The molecule has 1 aliphatic carbocycles. The van der Waals surface area contributed by atoms with Crippen molar-refractivity contribution in [2.45, 2.75) is 38.1 Å². The second kappa shape index (κ2) is 11.4. The normalized spacial score (nSPS) is 17.0. The second-order valence-electron chi connectivity index (χ2n) is 9.85. The Morgan fingerprint density at radius 1 is 1.12 bits per heavy atom. The van der Waals surface area contributed by atoms with Gasteiger partial charge in [0.05, 0.1) is 34.6 Å². The average Bonchev–Trinajstić information content (AvgIpc) is 3.70. The molecular formula is C27H27F3N6O3S. The number of fused-ring (bicyclic) bond motifs is 1. The van der Waals surface area contributed by atoms with Gasteiger partial charge in [-0.2, -0.15) is 0 Å². The molecule has 0 bridgehead atoms. The van der Waals surface area contributed by atoms with E-state index in [1.54, 1.807) is 12.1 Å². The molecule has 0 spiro atoms. The average molecular weight is 573 g/mol. The van der Waals surface area contributed by atoms with E-state index in [1.165, 1.54) is 29.5 Å². The summed E-state index contributed by atoms with van der Waals surface area (Å²) < 4.78 is 50.0. The van der Waals surface area contributed by atoms with E-state index >= 15 is 0 Å². The van der Waals surface area contributed by atoms with Crippen molar-refractivity contribution in [1.29, 1.82) is 16.3 Å². The van der Waals surface area contributed by atoms with E-state index in [1.807, 2.05) is 6.07 Å². The Morgan fingerprint density at radius 3 is 2.52 bits per heavy atom. The zero-order chi connectivity index (χ0) is 28.4. The van der Waals surface area contributed by atoms with Gasteiger partial charge in [-0.05, 0) is 56.0 Å². The van der Waals surface area contributed by atoms with Gasteiger partial charge in [-0.3, -0.25) is 10.2 Å². The molecule has 1 aliphatic heterocycles. The maximum absolute atomic E-state index is 13.1. The van der Waals surface area contributed by atoms with Crippen LogP contribution < -0.4 is 9.64 Å². The number of hydrogen-bond acceptors (Lipinski definition) is 9. The number of nitrogens with zero attached hydrogens (tertiary/aromatic N) is 3. The number of benzene rings is 2. The number of carbonyl (C=O) groups is 1. The number of hydrogen-bond donors (Lipinski definition) is 3. The third kappa shape index (κ3) is 6.36. The van der Waals surface area contributed by atoms with E-state index in [0.717, 1.165) is 21.4 Å². The van der Waals surface area contributed by atoms with E-state index in [9.17, 15) is 18.0 Å². The second-order valence-corrected chi connectivity index (χ2v) is 10.9. The van der Waals surface area contributed by atoms with Crippen molar-refractivity contribution in [2.24, 2.45) is 17.0 Å². The Hall–Kier alpha value is -3.71. The van der Waals surface area contributed by atoms with Gasteiger partial charge in [0.25, 0.3) is 0 Å². The standard InChI is InChI=1S/C27H27F3N6O3S/c28-27(29,30)39-21-4-2-1-3-18(21)23(31)19(24(37)15-5-6-15)14-38-17-9-11-36(12-10-17)26-34-20-8-7-16(25(32)35-33)13-22(20)40-26/h1-4,7-8,13,15,17,19,31-33H,5-6,9-12,14H2. The number of thiazole rings is 1. The molecule has 5 rings (SSSR count). The first-order valence-corrected chi connectivity index (χ1v) is 13.7. The summed E-state index contributed by atoms with van der Waals surface area (Å²) in [4.78, 5) is 19.9. The first kappa shape index (κ1) is 27.8. The maximum atomic E-state index is 13.1. The molecule has 1 atom stereocenters. The fourth-order valence-corrected chi connectivity index (χ4v) is 5.81. The van der Waals surface area contributed by atoms with Gasteiger partial charge in [0, 0.05) is 30.1 Å². The van der Waals surface area contributed by atoms with Crippen molar-refractivity contribution in [2.75, 3.05) is 24.6 Å². The third-order valence-electron chi connectivity index (χ3n) is 7.05. The summed E-state index contributed by atoms with van der Waals surface area (Å²) in [7, 11) is 0. The van der Waals surface area contributed by atoms with Crippen molar-refractivity contribution in [1.82, 2.24) is 4.98 Å². The summed E-state index contributed by atoms with van der Waals surface area (Å²) in [6.45, 7) is 1.25. The number of ketones is 1. The van der Waals surface area contributed by atoms with Crippen LogP contribution in [-0.2, 0) is 9.53 Å². The van der Waals surface area contributed by atoms with Crippen LogP contribution in [0.4, 0.5) is 18.3 Å². The molecule has 2 aliphatic rings. The highest BCUT2D eigenvalue weighted by atomic mass is 32.1. The molecule has 2 heterocycles. The van der Waals surface area contributed by atoms with Crippen LogP contribution in [0.15, 0.2) is 47.6 Å². The van der Waals surface area contributed by atoms with Crippen LogP contribution in [-0.4, -0.2) is 54.5 Å². The highest BCUT2D eigenvalue weighted by Gasteiger charge is 2.39. The number of aromatic nitrogens is 1. The number of amidine groups is 1. The van der Waals surface area contributed by atoms with Gasteiger partial charge in [0.2, 0.25) is 0 Å². The Kier molecular flexibility index (Phi) is 7.95. The predicted molar refractivity (Wildman–Crippen MR) is 144 cm³/mol. The van der Waals surface area contributed by atoms with Crippen molar-refractivity contribution in [3.05, 3.63) is 53.6 Å². The first-order valence-electron chi connectivity index (χ1n) is 12.8. The maximum Gasteiger partial charge on any atom is 0.573 e. The summed E-state index contributed by atoms with van der Waals surface area (Å²) in [5.41, 5.74) is 8.11. The van der Waals surface area contributed by atoms with Crippen molar-refractivity contribution >= 4 is 44.0 Å². The molecular weight excluding hydrogens is 545 g/mol. The van der Waals surface area contributed by atoms with Crippen molar-refractivity contribution < 1.29 is 27.4 Å². The number of Topliss-reactive ketones (excluding diaryl/α,β-unsaturated/α-hetero) is 1. The van der Waals surface area contributed by atoms with E-state index in [0.29, 0.717) is 44.3 Å². The van der Waals surface area contributed by atoms with Crippen LogP contribution in [0.1, 0.15) is 36.8 Å². The highest BCUT2D eigenvalue weighted by molar-refractivity contribution is 7.22. The van der Waals surface area contributed by atoms with Gasteiger partial charge < -0.3 is 19.8 Å². The lowest BCUT2D eigenvalue weighted by Crippen LogP contribution is -2.39. The van der Waals surface area contributed by atoms with Crippen molar-refractivity contribution in [3.63, 3.8) is 0 Å². The van der Waals surface area contributed by atoms with Gasteiger partial charge in [-0.25, -0.2) is 10.5 Å². The van der Waals surface area contributed by atoms with E-state index in [4.69, 9.17) is 26.1 Å². The minimum Gasteiger partial charge on any atom is -0.405 e. The number of halogens is 3. The Morgan fingerprint density at radius 2 is 1.85 bits per heavy atom. The largest absolute Gasteiger partial charge is 0.573 e. The summed E-state index contributed by atoms with van der Waals surface area (Å²) in [5.74, 6) is -1.96. The lowest BCUT2D eigenvalue weighted by atomic mass is 9.90. The molecule has 210 valence electrons. The van der Waals surface area contributed by atoms with E-state index in [2.05, 4.69) is 14.8 Å². The van der Waals surface area contributed by atoms with Crippen molar-refractivity contribution in [3.8, 4) is 5.75 Å². The summed E-state index contributed by atoms with van der Waals surface area (Å²) in [5, 5.41) is 20.4. The molecule has 2 aromatic carbocycles. The molecule has 0 amide bonds. The lowest BCUT2D eigenvalue weighted by Gasteiger charge is -2.32. The van der Waals surface area contributed by atoms with Gasteiger partial charge in [-0.15, -0.1) is 18.3 Å². The predicted octanol–water partition coefficient (Wildman–Crippen LogP) is 6.20. The number of piperidine rings is 1. The third-order valence-corrected chi connectivity index (χ3v) is 8.13. The van der Waals surface area contributed by atoms with Crippen LogP contribution in [0.25, 0.3) is 10.2 Å². The first-order chi connectivity index (χ1) is 19.1. The Bertz CT molecular complexity index is 1450. The molecule has 1 saturated carbocycles. The number of nitrogens with one attached hydrogen (secondary N) is 3. The summed E-state index contributed by atoms with van der Waals surface area (Å²) >= 11 is 1.50. The molecule has 3 N–H and O–H groups in total. The van der Waals surface area contributed by atoms with E-state index in [-0.39, 0.29) is 41.5 Å². The highest BCUT2D eigenvalue weighted by Crippen LogP contribution is 2.36. The molecule has 1 aromatic heterocycles. The number of anilines is 1. The van der Waals surface area contributed by atoms with Gasteiger partial charge in [0.1, 0.15) is 11.5 Å². The quantitative estimate of drug-likeness (QED) is 0.151. The molecule has 40 heavy (non-hydrogen) atoms. The summed E-state index contributed by atoms with van der Waals surface area (Å²) in [6, 6.07) is 10.7. The number of para-hydroxylation sites is 1. The monoisotopic (exact) mass is 572 g/mol. The lowest BCUT2D eigenvalue weighted by molar-refractivity contribution is -0.274. The summed E-state index contributed by atoms with van der Waals surface area (Å²) in [6.07, 6.45) is -2.33. The van der Waals surface area contributed by atoms with Crippen LogP contribution in [0.3, 0.4) is 0 Å². The minimum absolute atomic E-state index is 0.0669. The zero-order valence-electron chi connectivity index (χ0n) is 21.3. The Balaban J connectivity index is 1.23. The Labute approximate surface area is 231 Å². The molecule has 3 aromatic rings. The number of rotatable bonds is 10. The zero-order valence-corrected chi connectivity index (χ0v) is 22.1. The topological polar surface area (TPSA) is 136 Å². The number of ether oxygens (including phenoxy) is 2. The minimum atomic E-state index is -4.91. The fourth-order valence-electron chi connectivity index (χ4n) is 4.76. The fraction of sp³-hybridized carbons (Fsp3) is 0.407. The smallest absolute Gasteiger partial charge is 0.405 e. The molecule has 1 unspecified atom stereocenters. The van der Waals surface area contributed by atoms with Crippen LogP contribution in [0.5, 0.6) is 5.75 Å². The molecule has 2 fully saturated rings. The van der Waals surface area contributed by atoms with Crippen LogP contribution in [0.2, 0.25) is 0 Å². The molecule has 9 nitrogen and oxygen atoms in total. The molecule has 13 heteroatoms. The molecule has 0 radical (unpaired) electrons. The van der Waals surface area contributed by atoms with Gasteiger partial charge in [-0.1, -0.05) is 23.5 Å². The van der Waals surface area contributed by atoms with E-state index < -0.39 is 18.0 Å². The van der Waals surface area contributed by atoms with Gasteiger partial charge in [0.15, 0.2) is 11.0 Å². The SMILES string of the molecule is N=NC(=N)c1ccc2nc(N3CCC(OCC(C(=N)c4ccccc4OC(F)(F)F)C(=O)C4CC4)CC3)sc2c1.